The summed E-state index contributed by atoms with van der Waals surface area (Å²) >= 11 is 0. The van der Waals surface area contributed by atoms with Crippen LogP contribution in [0.2, 0.25) is 0 Å². The number of hydrogen-bond donors (Lipinski definition) is 2. The Morgan fingerprint density at radius 2 is 1.80 bits per heavy atom. The van der Waals surface area contributed by atoms with E-state index < -0.39 is 11.5 Å². The molecule has 4 atom stereocenters. The lowest BCUT2D eigenvalue weighted by molar-refractivity contribution is -0.146. The Morgan fingerprint density at radius 3 is 2.30 bits per heavy atom. The van der Waals surface area contributed by atoms with Gasteiger partial charge in [0, 0.05) is 13.1 Å². The average Bonchev–Trinajstić information content (AvgIpc) is 2.69. The topological polar surface area (TPSA) is 69.6 Å². The van der Waals surface area contributed by atoms with Gasteiger partial charge in [-0.2, -0.15) is 0 Å². The molecule has 0 bridgehead atoms. The second kappa shape index (κ2) is 5.62. The molecule has 2 amide bonds. The number of hydrogen-bond acceptors (Lipinski definition) is 2. The summed E-state index contributed by atoms with van der Waals surface area (Å²) in [5.41, 5.74) is -1.07. The van der Waals surface area contributed by atoms with E-state index in [9.17, 15) is 14.7 Å². The van der Waals surface area contributed by atoms with Gasteiger partial charge in [-0.25, -0.2) is 9.59 Å². The van der Waals surface area contributed by atoms with Crippen LogP contribution in [0, 0.1) is 17.8 Å². The first-order valence-corrected chi connectivity index (χ1v) is 7.64. The zero-order valence-electron chi connectivity index (χ0n) is 12.7. The van der Waals surface area contributed by atoms with Crippen molar-refractivity contribution in [2.75, 3.05) is 13.1 Å². The molecule has 1 aliphatic carbocycles. The van der Waals surface area contributed by atoms with Gasteiger partial charge in [0.05, 0.1) is 0 Å². The number of amides is 2. The lowest BCUT2D eigenvalue weighted by Gasteiger charge is -2.38. The molecule has 0 aromatic rings. The monoisotopic (exact) mass is 282 g/mol. The summed E-state index contributed by atoms with van der Waals surface area (Å²) in [6.07, 6.45) is 2.98. The number of urea groups is 1. The Morgan fingerprint density at radius 1 is 1.20 bits per heavy atom. The van der Waals surface area contributed by atoms with E-state index in [-0.39, 0.29) is 6.03 Å². The van der Waals surface area contributed by atoms with E-state index in [1.807, 2.05) is 0 Å². The number of carboxylic acid groups (broad SMARTS) is 1. The third-order valence-electron chi connectivity index (χ3n) is 5.03. The SMILES string of the molecule is CC1CCCC(NC(=O)N2CC(C)C(C)C2)(C(=O)O)C1. The third kappa shape index (κ3) is 2.91. The fourth-order valence-electron chi connectivity index (χ4n) is 3.49. The number of carboxylic acids is 1. The van der Waals surface area contributed by atoms with Crippen LogP contribution < -0.4 is 5.32 Å². The van der Waals surface area contributed by atoms with Crippen molar-refractivity contribution in [3.63, 3.8) is 0 Å². The van der Waals surface area contributed by atoms with Crippen molar-refractivity contribution in [3.05, 3.63) is 0 Å². The minimum absolute atomic E-state index is 0.210. The molecule has 2 fully saturated rings. The van der Waals surface area contributed by atoms with Crippen LogP contribution in [0.3, 0.4) is 0 Å². The molecule has 5 nitrogen and oxygen atoms in total. The second-order valence-electron chi connectivity index (χ2n) is 6.88. The Kier molecular flexibility index (Phi) is 4.25. The zero-order chi connectivity index (χ0) is 14.9. The molecule has 0 aromatic heterocycles. The molecule has 20 heavy (non-hydrogen) atoms. The largest absolute Gasteiger partial charge is 0.480 e. The molecule has 1 saturated carbocycles. The summed E-state index contributed by atoms with van der Waals surface area (Å²) in [6, 6.07) is -0.210. The number of rotatable bonds is 2. The number of nitrogens with one attached hydrogen (secondary N) is 1. The van der Waals surface area contributed by atoms with Crippen LogP contribution in [-0.4, -0.2) is 40.6 Å². The number of carbonyl (C=O) groups is 2. The van der Waals surface area contributed by atoms with Gasteiger partial charge in [-0.15, -0.1) is 0 Å². The highest BCUT2D eigenvalue weighted by Crippen LogP contribution is 2.33. The number of aliphatic carboxylic acids is 1. The Labute approximate surface area is 120 Å². The quantitative estimate of drug-likeness (QED) is 0.816. The van der Waals surface area contributed by atoms with Crippen molar-refractivity contribution in [2.24, 2.45) is 17.8 Å². The summed E-state index contributed by atoms with van der Waals surface area (Å²) in [4.78, 5) is 25.8. The molecule has 1 heterocycles. The number of likely N-dealkylation sites (tertiary alicyclic amines) is 1. The molecule has 4 unspecified atom stereocenters. The fraction of sp³-hybridized carbons (Fsp3) is 0.867. The van der Waals surface area contributed by atoms with Crippen molar-refractivity contribution in [1.82, 2.24) is 10.2 Å². The van der Waals surface area contributed by atoms with Gasteiger partial charge in [-0.3, -0.25) is 0 Å². The lowest BCUT2D eigenvalue weighted by Crippen LogP contribution is -2.59. The van der Waals surface area contributed by atoms with Crippen LogP contribution in [0.5, 0.6) is 0 Å². The highest BCUT2D eigenvalue weighted by molar-refractivity contribution is 5.86. The van der Waals surface area contributed by atoms with E-state index in [1.165, 1.54) is 0 Å². The highest BCUT2D eigenvalue weighted by Gasteiger charge is 2.44. The molecule has 1 saturated heterocycles. The molecule has 2 rings (SSSR count). The van der Waals surface area contributed by atoms with E-state index in [4.69, 9.17) is 0 Å². The normalized spacial score (nSPS) is 37.8. The highest BCUT2D eigenvalue weighted by atomic mass is 16.4. The van der Waals surface area contributed by atoms with E-state index in [1.54, 1.807) is 4.90 Å². The van der Waals surface area contributed by atoms with Crippen molar-refractivity contribution in [2.45, 2.75) is 52.0 Å². The second-order valence-corrected chi connectivity index (χ2v) is 6.88. The average molecular weight is 282 g/mol. The van der Waals surface area contributed by atoms with Crippen LogP contribution in [0.1, 0.15) is 46.5 Å². The predicted molar refractivity (Wildman–Crippen MR) is 76.4 cm³/mol. The molecular weight excluding hydrogens is 256 g/mol. The summed E-state index contributed by atoms with van der Waals surface area (Å²) in [7, 11) is 0. The van der Waals surface area contributed by atoms with Gasteiger partial charge < -0.3 is 15.3 Å². The Hall–Kier alpha value is -1.26. The minimum atomic E-state index is -1.07. The first-order chi connectivity index (χ1) is 9.34. The van der Waals surface area contributed by atoms with Gasteiger partial charge in [0.15, 0.2) is 0 Å². The molecule has 2 aliphatic rings. The maximum atomic E-state index is 12.4. The van der Waals surface area contributed by atoms with Gasteiger partial charge >= 0.3 is 12.0 Å². The zero-order valence-corrected chi connectivity index (χ0v) is 12.7. The fourth-order valence-corrected chi connectivity index (χ4v) is 3.49. The van der Waals surface area contributed by atoms with Crippen LogP contribution in [0.15, 0.2) is 0 Å². The summed E-state index contributed by atoms with van der Waals surface area (Å²) in [5, 5.41) is 12.4. The third-order valence-corrected chi connectivity index (χ3v) is 5.03. The lowest BCUT2D eigenvalue weighted by atomic mass is 9.76. The number of nitrogens with zero attached hydrogens (tertiary/aromatic N) is 1. The van der Waals surface area contributed by atoms with Gasteiger partial charge in [0.25, 0.3) is 0 Å². The van der Waals surface area contributed by atoms with Gasteiger partial charge in [0.1, 0.15) is 5.54 Å². The van der Waals surface area contributed by atoms with E-state index >= 15 is 0 Å². The number of carbonyl (C=O) groups excluding carboxylic acids is 1. The van der Waals surface area contributed by atoms with E-state index in [2.05, 4.69) is 26.1 Å². The molecule has 0 spiro atoms. The van der Waals surface area contributed by atoms with Crippen LogP contribution in [0.25, 0.3) is 0 Å². The molecule has 114 valence electrons. The first kappa shape index (κ1) is 15.1. The van der Waals surface area contributed by atoms with Gasteiger partial charge in [0.2, 0.25) is 0 Å². The summed E-state index contributed by atoms with van der Waals surface area (Å²) < 4.78 is 0. The maximum Gasteiger partial charge on any atom is 0.329 e. The van der Waals surface area contributed by atoms with Crippen molar-refractivity contribution >= 4 is 12.0 Å². The molecule has 0 aromatic carbocycles. The molecule has 1 aliphatic heterocycles. The Balaban J connectivity index is 2.05. The van der Waals surface area contributed by atoms with Crippen LogP contribution in [0.4, 0.5) is 4.79 Å². The van der Waals surface area contributed by atoms with Crippen molar-refractivity contribution in [1.29, 1.82) is 0 Å². The molecular formula is C15H26N2O3. The molecule has 5 heteroatoms. The summed E-state index contributed by atoms with van der Waals surface area (Å²) in [6.45, 7) is 7.76. The first-order valence-electron chi connectivity index (χ1n) is 7.64. The minimum Gasteiger partial charge on any atom is -0.480 e. The standard InChI is InChI=1S/C15H26N2O3/c1-10-5-4-6-15(7-10,13(18)19)16-14(20)17-8-11(2)12(3)9-17/h10-12H,4-9H2,1-3H3,(H,16,20)(H,18,19). The van der Waals surface area contributed by atoms with Gasteiger partial charge in [-0.05, 0) is 30.6 Å². The van der Waals surface area contributed by atoms with Crippen molar-refractivity contribution in [3.8, 4) is 0 Å². The predicted octanol–water partition coefficient (Wildman–Crippen LogP) is 2.32. The summed E-state index contributed by atoms with van der Waals surface area (Å²) in [5.74, 6) is 0.410. The van der Waals surface area contributed by atoms with Crippen LogP contribution in [-0.2, 0) is 4.79 Å². The molecule has 0 radical (unpaired) electrons. The smallest absolute Gasteiger partial charge is 0.329 e. The maximum absolute atomic E-state index is 12.4. The van der Waals surface area contributed by atoms with E-state index in [0.717, 1.165) is 25.9 Å². The Bertz CT molecular complexity index is 389. The molecule has 2 N–H and O–H groups in total. The van der Waals surface area contributed by atoms with E-state index in [0.29, 0.717) is 30.6 Å². The van der Waals surface area contributed by atoms with Gasteiger partial charge in [-0.1, -0.05) is 33.6 Å². The van der Waals surface area contributed by atoms with Crippen LogP contribution >= 0.6 is 0 Å². The van der Waals surface area contributed by atoms with Crippen molar-refractivity contribution < 1.29 is 14.7 Å².